The molecule has 0 atom stereocenters. The molecule has 1 aromatic heterocycles. The standard InChI is InChI=1S/C10H16N2O2/c13-10(14)4-2-6-11-8-5-9-3-1-7-12-9/h1,3,7,11-12H,2,4-6,8H2,(H,13,14). The van der Waals surface area contributed by atoms with E-state index in [1.807, 2.05) is 18.3 Å². The molecular formula is C10H16N2O2. The lowest BCUT2D eigenvalue weighted by atomic mass is 10.3. The molecule has 0 radical (unpaired) electrons. The molecule has 14 heavy (non-hydrogen) atoms. The summed E-state index contributed by atoms with van der Waals surface area (Å²) < 4.78 is 0. The molecule has 0 spiro atoms. The number of carboxylic acids is 1. The van der Waals surface area contributed by atoms with Crippen LogP contribution in [0.1, 0.15) is 18.5 Å². The summed E-state index contributed by atoms with van der Waals surface area (Å²) in [6.45, 7) is 1.66. The summed E-state index contributed by atoms with van der Waals surface area (Å²) in [5.74, 6) is -0.726. The Kier molecular flexibility index (Phi) is 4.78. The van der Waals surface area contributed by atoms with Crippen molar-refractivity contribution >= 4 is 5.97 Å². The van der Waals surface area contributed by atoms with Crippen LogP contribution in [-0.4, -0.2) is 29.1 Å². The van der Waals surface area contributed by atoms with Gasteiger partial charge in [0.2, 0.25) is 0 Å². The number of aromatic nitrogens is 1. The molecule has 4 nitrogen and oxygen atoms in total. The van der Waals surface area contributed by atoms with Crippen LogP contribution in [0.2, 0.25) is 0 Å². The maximum Gasteiger partial charge on any atom is 0.303 e. The molecule has 0 saturated heterocycles. The number of aliphatic carboxylic acids is 1. The van der Waals surface area contributed by atoms with Crippen LogP contribution in [0.25, 0.3) is 0 Å². The molecule has 0 aliphatic carbocycles. The smallest absolute Gasteiger partial charge is 0.303 e. The van der Waals surface area contributed by atoms with Crippen molar-refractivity contribution in [1.29, 1.82) is 0 Å². The van der Waals surface area contributed by atoms with Crippen LogP contribution in [0.4, 0.5) is 0 Å². The SMILES string of the molecule is O=C(O)CCCNCCc1ccc[nH]1. The third kappa shape index (κ3) is 4.67. The van der Waals surface area contributed by atoms with Crippen molar-refractivity contribution in [2.24, 2.45) is 0 Å². The van der Waals surface area contributed by atoms with Crippen LogP contribution in [0, 0.1) is 0 Å². The van der Waals surface area contributed by atoms with Crippen molar-refractivity contribution in [3.8, 4) is 0 Å². The lowest BCUT2D eigenvalue weighted by Gasteiger charge is -2.01. The van der Waals surface area contributed by atoms with Gasteiger partial charge in [0.05, 0.1) is 0 Å². The maximum atomic E-state index is 10.2. The second-order valence-electron chi connectivity index (χ2n) is 3.19. The van der Waals surface area contributed by atoms with E-state index < -0.39 is 5.97 Å². The van der Waals surface area contributed by atoms with Crippen molar-refractivity contribution in [3.05, 3.63) is 24.0 Å². The first-order chi connectivity index (χ1) is 6.79. The number of carboxylic acid groups (broad SMARTS) is 1. The second kappa shape index (κ2) is 6.21. The van der Waals surface area contributed by atoms with Crippen molar-refractivity contribution in [3.63, 3.8) is 0 Å². The third-order valence-corrected chi connectivity index (χ3v) is 1.98. The van der Waals surface area contributed by atoms with Crippen LogP contribution in [0.15, 0.2) is 18.3 Å². The molecule has 0 fully saturated rings. The van der Waals surface area contributed by atoms with Gasteiger partial charge in [0, 0.05) is 24.9 Å². The molecule has 78 valence electrons. The summed E-state index contributed by atoms with van der Waals surface area (Å²) in [5.41, 5.74) is 1.20. The monoisotopic (exact) mass is 196 g/mol. The van der Waals surface area contributed by atoms with Gasteiger partial charge in [0.25, 0.3) is 0 Å². The first-order valence-electron chi connectivity index (χ1n) is 4.84. The van der Waals surface area contributed by atoms with Gasteiger partial charge >= 0.3 is 5.97 Å². The minimum Gasteiger partial charge on any atom is -0.481 e. The molecular weight excluding hydrogens is 180 g/mol. The molecule has 0 aliphatic rings. The lowest BCUT2D eigenvalue weighted by Crippen LogP contribution is -2.19. The maximum absolute atomic E-state index is 10.2. The van der Waals surface area contributed by atoms with Crippen molar-refractivity contribution in [2.45, 2.75) is 19.3 Å². The van der Waals surface area contributed by atoms with Gasteiger partial charge < -0.3 is 15.4 Å². The van der Waals surface area contributed by atoms with Gasteiger partial charge in [-0.05, 0) is 31.5 Å². The zero-order chi connectivity index (χ0) is 10.2. The van der Waals surface area contributed by atoms with E-state index in [1.165, 1.54) is 5.69 Å². The Balaban J connectivity index is 1.92. The Hall–Kier alpha value is -1.29. The highest BCUT2D eigenvalue weighted by Crippen LogP contribution is 1.94. The highest BCUT2D eigenvalue weighted by molar-refractivity contribution is 5.66. The number of H-pyrrole nitrogens is 1. The van der Waals surface area contributed by atoms with Crippen molar-refractivity contribution < 1.29 is 9.90 Å². The minimum atomic E-state index is -0.726. The van der Waals surface area contributed by atoms with Crippen molar-refractivity contribution in [1.82, 2.24) is 10.3 Å². The average molecular weight is 196 g/mol. The van der Waals surface area contributed by atoms with Gasteiger partial charge in [0.1, 0.15) is 0 Å². The number of nitrogens with one attached hydrogen (secondary N) is 2. The summed E-state index contributed by atoms with van der Waals surface area (Å²) in [6.07, 6.45) is 3.80. The zero-order valence-electron chi connectivity index (χ0n) is 8.12. The van der Waals surface area contributed by atoms with E-state index in [-0.39, 0.29) is 6.42 Å². The van der Waals surface area contributed by atoms with Gasteiger partial charge in [-0.15, -0.1) is 0 Å². The molecule has 0 amide bonds. The van der Waals surface area contributed by atoms with Gasteiger partial charge in [0.15, 0.2) is 0 Å². The Morgan fingerprint density at radius 1 is 1.50 bits per heavy atom. The molecule has 0 bridgehead atoms. The highest BCUT2D eigenvalue weighted by Gasteiger charge is 1.96. The number of hydrogen-bond donors (Lipinski definition) is 3. The first kappa shape index (κ1) is 10.8. The predicted octanol–water partition coefficient (Wildman–Crippen LogP) is 1.01. The summed E-state index contributed by atoms with van der Waals surface area (Å²) >= 11 is 0. The summed E-state index contributed by atoms with van der Waals surface area (Å²) in [4.78, 5) is 13.3. The molecule has 0 unspecified atom stereocenters. The molecule has 1 heterocycles. The fraction of sp³-hybridized carbons (Fsp3) is 0.500. The van der Waals surface area contributed by atoms with Gasteiger partial charge in [-0.2, -0.15) is 0 Å². The number of carbonyl (C=O) groups is 1. The third-order valence-electron chi connectivity index (χ3n) is 1.98. The van der Waals surface area contributed by atoms with Crippen LogP contribution < -0.4 is 5.32 Å². The zero-order valence-corrected chi connectivity index (χ0v) is 8.12. The molecule has 1 rings (SSSR count). The van der Waals surface area contributed by atoms with Crippen molar-refractivity contribution in [2.75, 3.05) is 13.1 Å². The van der Waals surface area contributed by atoms with E-state index >= 15 is 0 Å². The lowest BCUT2D eigenvalue weighted by molar-refractivity contribution is -0.137. The molecule has 0 saturated carbocycles. The normalized spacial score (nSPS) is 10.3. The average Bonchev–Trinajstić information content (AvgIpc) is 2.63. The number of aromatic amines is 1. The van der Waals surface area contributed by atoms with E-state index in [0.717, 1.165) is 19.5 Å². The summed E-state index contributed by atoms with van der Waals surface area (Å²) in [6, 6.07) is 4.01. The van der Waals surface area contributed by atoms with E-state index in [2.05, 4.69) is 10.3 Å². The predicted molar refractivity (Wildman–Crippen MR) is 54.2 cm³/mol. The Morgan fingerprint density at radius 2 is 2.36 bits per heavy atom. The fourth-order valence-electron chi connectivity index (χ4n) is 1.24. The molecule has 0 aliphatic heterocycles. The molecule has 3 N–H and O–H groups in total. The van der Waals surface area contributed by atoms with E-state index in [1.54, 1.807) is 0 Å². The summed E-state index contributed by atoms with van der Waals surface area (Å²) in [7, 11) is 0. The van der Waals surface area contributed by atoms with Crippen LogP contribution in [-0.2, 0) is 11.2 Å². The molecule has 4 heteroatoms. The van der Waals surface area contributed by atoms with Gasteiger partial charge in [-0.3, -0.25) is 4.79 Å². The summed E-state index contributed by atoms with van der Waals surface area (Å²) in [5, 5.41) is 11.6. The molecule has 0 aromatic carbocycles. The Bertz CT molecular complexity index is 257. The highest BCUT2D eigenvalue weighted by atomic mass is 16.4. The topological polar surface area (TPSA) is 65.1 Å². The number of rotatable bonds is 7. The quantitative estimate of drug-likeness (QED) is 0.570. The Labute approximate surface area is 83.3 Å². The number of hydrogen-bond acceptors (Lipinski definition) is 2. The van der Waals surface area contributed by atoms with Crippen LogP contribution in [0.5, 0.6) is 0 Å². The van der Waals surface area contributed by atoms with E-state index in [4.69, 9.17) is 5.11 Å². The van der Waals surface area contributed by atoms with Crippen LogP contribution in [0.3, 0.4) is 0 Å². The first-order valence-corrected chi connectivity index (χ1v) is 4.84. The largest absolute Gasteiger partial charge is 0.481 e. The van der Waals surface area contributed by atoms with Gasteiger partial charge in [-0.25, -0.2) is 0 Å². The minimum absolute atomic E-state index is 0.246. The molecule has 1 aromatic rings. The fourth-order valence-corrected chi connectivity index (χ4v) is 1.24. The van der Waals surface area contributed by atoms with E-state index in [0.29, 0.717) is 6.42 Å². The Morgan fingerprint density at radius 3 is 3.00 bits per heavy atom. The van der Waals surface area contributed by atoms with E-state index in [9.17, 15) is 4.79 Å². The van der Waals surface area contributed by atoms with Gasteiger partial charge in [-0.1, -0.05) is 0 Å². The second-order valence-corrected chi connectivity index (χ2v) is 3.19. The van der Waals surface area contributed by atoms with Crippen LogP contribution >= 0.6 is 0 Å².